The van der Waals surface area contributed by atoms with Crippen LogP contribution in [0.2, 0.25) is 0 Å². The van der Waals surface area contributed by atoms with E-state index in [0.29, 0.717) is 11.8 Å². The fourth-order valence-electron chi connectivity index (χ4n) is 2.17. The van der Waals surface area contributed by atoms with E-state index in [4.69, 9.17) is 9.72 Å². The zero-order valence-corrected chi connectivity index (χ0v) is 10.3. The van der Waals surface area contributed by atoms with Crippen molar-refractivity contribution in [3.8, 4) is 0 Å². The number of pyridine rings is 1. The van der Waals surface area contributed by atoms with E-state index in [2.05, 4.69) is 32.0 Å². The zero-order chi connectivity index (χ0) is 11.4. The number of rotatable bonds is 3. The molecule has 16 heavy (non-hydrogen) atoms. The molecule has 0 aliphatic carbocycles. The van der Waals surface area contributed by atoms with Crippen molar-refractivity contribution in [1.29, 1.82) is 0 Å². The maximum atomic E-state index is 5.39. The average molecular weight is 219 g/mol. The minimum absolute atomic E-state index is 0.569. The van der Waals surface area contributed by atoms with Gasteiger partial charge in [-0.15, -0.1) is 0 Å². The van der Waals surface area contributed by atoms with Crippen LogP contribution in [0.1, 0.15) is 56.3 Å². The molecule has 2 heteroatoms. The Labute approximate surface area is 98.0 Å². The molecule has 0 spiro atoms. The molecule has 1 aliphatic heterocycles. The predicted octanol–water partition coefficient (Wildman–Crippen LogP) is 3.49. The average Bonchev–Trinajstić information content (AvgIpc) is 2.39. The third-order valence-electron chi connectivity index (χ3n) is 3.55. The summed E-state index contributed by atoms with van der Waals surface area (Å²) < 4.78 is 5.39. The first kappa shape index (κ1) is 11.6. The highest BCUT2D eigenvalue weighted by Crippen LogP contribution is 2.26. The van der Waals surface area contributed by atoms with Crippen LogP contribution in [0.3, 0.4) is 0 Å². The molecule has 88 valence electrons. The monoisotopic (exact) mass is 219 g/mol. The first-order chi connectivity index (χ1) is 7.81. The summed E-state index contributed by atoms with van der Waals surface area (Å²) in [7, 11) is 0. The van der Waals surface area contributed by atoms with Gasteiger partial charge in [-0.2, -0.15) is 0 Å². The summed E-state index contributed by atoms with van der Waals surface area (Å²) >= 11 is 0. The molecule has 0 bridgehead atoms. The van der Waals surface area contributed by atoms with Crippen LogP contribution >= 0.6 is 0 Å². The summed E-state index contributed by atoms with van der Waals surface area (Å²) in [5.41, 5.74) is 2.51. The van der Waals surface area contributed by atoms with Gasteiger partial charge >= 0.3 is 0 Å². The van der Waals surface area contributed by atoms with E-state index in [0.717, 1.165) is 32.5 Å². The van der Waals surface area contributed by atoms with Crippen LogP contribution < -0.4 is 0 Å². The van der Waals surface area contributed by atoms with Gasteiger partial charge in [0.2, 0.25) is 0 Å². The van der Waals surface area contributed by atoms with Gasteiger partial charge in [-0.1, -0.05) is 19.9 Å². The Bertz CT molecular complexity index is 331. The molecule has 1 aromatic heterocycles. The Morgan fingerprint density at radius 3 is 2.81 bits per heavy atom. The standard InChI is InChI=1S/C14H21NO/c1-3-11(2)13-5-4-6-14(15-13)12-7-9-16-10-8-12/h4-6,11-12H,3,7-10H2,1-2H3/t11-/m1/s1. The van der Waals surface area contributed by atoms with Gasteiger partial charge in [-0.3, -0.25) is 4.98 Å². The van der Waals surface area contributed by atoms with Crippen LogP contribution in [-0.2, 0) is 4.74 Å². The first-order valence-corrected chi connectivity index (χ1v) is 6.36. The molecular weight excluding hydrogens is 198 g/mol. The normalized spacial score (nSPS) is 19.6. The Balaban J connectivity index is 2.14. The second-order valence-corrected chi connectivity index (χ2v) is 4.68. The summed E-state index contributed by atoms with van der Waals surface area (Å²) in [6, 6.07) is 6.47. The number of nitrogens with zero attached hydrogens (tertiary/aromatic N) is 1. The Morgan fingerprint density at radius 1 is 1.38 bits per heavy atom. The third-order valence-corrected chi connectivity index (χ3v) is 3.55. The van der Waals surface area contributed by atoms with Crippen LogP contribution in [0.15, 0.2) is 18.2 Å². The van der Waals surface area contributed by atoms with E-state index < -0.39 is 0 Å². The fourth-order valence-corrected chi connectivity index (χ4v) is 2.17. The van der Waals surface area contributed by atoms with Crippen molar-refractivity contribution in [2.75, 3.05) is 13.2 Å². The van der Waals surface area contributed by atoms with Crippen molar-refractivity contribution < 1.29 is 4.74 Å². The maximum Gasteiger partial charge on any atom is 0.0472 e. The smallest absolute Gasteiger partial charge is 0.0472 e. The third kappa shape index (κ3) is 2.62. The van der Waals surface area contributed by atoms with E-state index in [9.17, 15) is 0 Å². The molecule has 0 aromatic carbocycles. The van der Waals surface area contributed by atoms with Crippen molar-refractivity contribution in [2.24, 2.45) is 0 Å². The molecule has 1 aromatic rings. The lowest BCUT2D eigenvalue weighted by Crippen LogP contribution is -2.15. The highest BCUT2D eigenvalue weighted by Gasteiger charge is 2.17. The van der Waals surface area contributed by atoms with Gasteiger partial charge in [-0.05, 0) is 37.3 Å². The molecule has 0 N–H and O–H groups in total. The lowest BCUT2D eigenvalue weighted by atomic mass is 9.95. The SMILES string of the molecule is CC[C@@H](C)c1cccc(C2CCOCC2)n1. The molecule has 2 rings (SSSR count). The minimum atomic E-state index is 0.569. The van der Waals surface area contributed by atoms with E-state index in [-0.39, 0.29) is 0 Å². The van der Waals surface area contributed by atoms with Crippen LogP contribution in [0.4, 0.5) is 0 Å². The largest absolute Gasteiger partial charge is 0.381 e. The quantitative estimate of drug-likeness (QED) is 0.776. The first-order valence-electron chi connectivity index (χ1n) is 6.36. The molecule has 1 saturated heterocycles. The molecule has 2 heterocycles. The van der Waals surface area contributed by atoms with E-state index >= 15 is 0 Å². The van der Waals surface area contributed by atoms with Crippen molar-refractivity contribution >= 4 is 0 Å². The van der Waals surface area contributed by atoms with Crippen molar-refractivity contribution in [1.82, 2.24) is 4.98 Å². The van der Waals surface area contributed by atoms with Crippen molar-refractivity contribution in [2.45, 2.75) is 44.9 Å². The lowest BCUT2D eigenvalue weighted by molar-refractivity contribution is 0.0844. The second-order valence-electron chi connectivity index (χ2n) is 4.68. The molecule has 2 nitrogen and oxygen atoms in total. The molecule has 0 saturated carbocycles. The van der Waals surface area contributed by atoms with Crippen molar-refractivity contribution in [3.05, 3.63) is 29.6 Å². The molecule has 0 amide bonds. The zero-order valence-electron chi connectivity index (χ0n) is 10.3. The molecule has 0 unspecified atom stereocenters. The predicted molar refractivity (Wildman–Crippen MR) is 65.7 cm³/mol. The summed E-state index contributed by atoms with van der Waals surface area (Å²) in [6.07, 6.45) is 3.40. The summed E-state index contributed by atoms with van der Waals surface area (Å²) in [5, 5.41) is 0. The molecular formula is C14H21NO. The van der Waals surface area contributed by atoms with Gasteiger partial charge in [0.05, 0.1) is 0 Å². The number of hydrogen-bond acceptors (Lipinski definition) is 2. The van der Waals surface area contributed by atoms with Gasteiger partial charge in [0.1, 0.15) is 0 Å². The molecule has 0 radical (unpaired) electrons. The number of ether oxygens (including phenoxy) is 1. The van der Waals surface area contributed by atoms with Gasteiger partial charge in [0.25, 0.3) is 0 Å². The van der Waals surface area contributed by atoms with Crippen molar-refractivity contribution in [3.63, 3.8) is 0 Å². The highest BCUT2D eigenvalue weighted by atomic mass is 16.5. The summed E-state index contributed by atoms with van der Waals surface area (Å²) in [6.45, 7) is 6.24. The number of aromatic nitrogens is 1. The van der Waals surface area contributed by atoms with Gasteiger partial charge in [0, 0.05) is 30.5 Å². The van der Waals surface area contributed by atoms with Crippen LogP contribution in [0.5, 0.6) is 0 Å². The van der Waals surface area contributed by atoms with E-state index in [1.807, 2.05) is 0 Å². The summed E-state index contributed by atoms with van der Waals surface area (Å²) in [5.74, 6) is 1.18. The van der Waals surface area contributed by atoms with Gasteiger partial charge < -0.3 is 4.74 Å². The molecule has 1 aliphatic rings. The Morgan fingerprint density at radius 2 is 2.12 bits per heavy atom. The topological polar surface area (TPSA) is 22.1 Å². The maximum absolute atomic E-state index is 5.39. The van der Waals surface area contributed by atoms with Crippen LogP contribution in [0.25, 0.3) is 0 Å². The van der Waals surface area contributed by atoms with E-state index in [1.54, 1.807) is 0 Å². The Hall–Kier alpha value is -0.890. The second kappa shape index (κ2) is 5.44. The number of hydrogen-bond donors (Lipinski definition) is 0. The van der Waals surface area contributed by atoms with Crippen LogP contribution in [-0.4, -0.2) is 18.2 Å². The molecule has 1 fully saturated rings. The van der Waals surface area contributed by atoms with Gasteiger partial charge in [-0.25, -0.2) is 0 Å². The minimum Gasteiger partial charge on any atom is -0.381 e. The lowest BCUT2D eigenvalue weighted by Gasteiger charge is -2.22. The molecule has 1 atom stereocenters. The van der Waals surface area contributed by atoms with Crippen LogP contribution in [0, 0.1) is 0 Å². The van der Waals surface area contributed by atoms with Gasteiger partial charge in [0.15, 0.2) is 0 Å². The highest BCUT2D eigenvalue weighted by molar-refractivity contribution is 5.17. The fraction of sp³-hybridized carbons (Fsp3) is 0.643. The van der Waals surface area contributed by atoms with E-state index in [1.165, 1.54) is 11.4 Å². The summed E-state index contributed by atoms with van der Waals surface area (Å²) in [4.78, 5) is 4.81. The Kier molecular flexibility index (Phi) is 3.94.